The molecule has 6 nitrogen and oxygen atoms in total. The van der Waals surface area contributed by atoms with Crippen molar-refractivity contribution in [3.05, 3.63) is 30.3 Å². The summed E-state index contributed by atoms with van der Waals surface area (Å²) < 4.78 is 0. The highest BCUT2D eigenvalue weighted by molar-refractivity contribution is 7.80. The van der Waals surface area contributed by atoms with E-state index < -0.39 is 17.9 Å². The van der Waals surface area contributed by atoms with Gasteiger partial charge in [-0.1, -0.05) is 18.2 Å². The van der Waals surface area contributed by atoms with Gasteiger partial charge in [0.05, 0.1) is 12.0 Å². The maximum atomic E-state index is 10.9. The van der Waals surface area contributed by atoms with E-state index in [9.17, 15) is 14.7 Å². The number of aliphatic carboxylic acids is 1. The lowest BCUT2D eigenvalue weighted by Crippen LogP contribution is -2.49. The van der Waals surface area contributed by atoms with E-state index in [1.165, 1.54) is 0 Å². The Balaban J connectivity index is 2.52. The lowest BCUT2D eigenvalue weighted by molar-refractivity contribution is -0.308. The molecular weight excluding hydrogens is 266 g/mol. The summed E-state index contributed by atoms with van der Waals surface area (Å²) in [4.78, 5) is 21.5. The normalized spacial score (nSPS) is 11.4. The Morgan fingerprint density at radius 1 is 1.32 bits per heavy atom. The van der Waals surface area contributed by atoms with Gasteiger partial charge < -0.3 is 26.3 Å². The van der Waals surface area contributed by atoms with Crippen molar-refractivity contribution in [1.82, 2.24) is 5.32 Å². The SMILES string of the molecule is NC(=O)CC[C@H](NC(=S)Nc1ccccc1)C(=O)[O-]. The van der Waals surface area contributed by atoms with Gasteiger partial charge in [-0.25, -0.2) is 0 Å². The monoisotopic (exact) mass is 280 g/mol. The number of amides is 1. The van der Waals surface area contributed by atoms with E-state index >= 15 is 0 Å². The van der Waals surface area contributed by atoms with Gasteiger partial charge in [-0.15, -0.1) is 0 Å². The number of primary amides is 1. The van der Waals surface area contributed by atoms with E-state index in [2.05, 4.69) is 10.6 Å². The first-order valence-corrected chi connectivity index (χ1v) is 6.01. The van der Waals surface area contributed by atoms with Crippen LogP contribution in [-0.4, -0.2) is 23.0 Å². The highest BCUT2D eigenvalue weighted by Crippen LogP contribution is 2.05. The van der Waals surface area contributed by atoms with E-state index in [0.717, 1.165) is 5.69 Å². The summed E-state index contributed by atoms with van der Waals surface area (Å²) in [7, 11) is 0. The number of carboxylic acid groups (broad SMARTS) is 1. The van der Waals surface area contributed by atoms with Crippen LogP contribution >= 0.6 is 12.2 Å². The average molecular weight is 280 g/mol. The highest BCUT2D eigenvalue weighted by atomic mass is 32.1. The largest absolute Gasteiger partial charge is 0.548 e. The van der Waals surface area contributed by atoms with Gasteiger partial charge in [-0.05, 0) is 30.8 Å². The molecular formula is C12H14N3O3S-. The fraction of sp³-hybridized carbons (Fsp3) is 0.250. The number of hydrogen-bond donors (Lipinski definition) is 3. The molecule has 1 amide bonds. The van der Waals surface area contributed by atoms with E-state index in [1.807, 2.05) is 18.2 Å². The Kier molecular flexibility index (Phi) is 5.74. The summed E-state index contributed by atoms with van der Waals surface area (Å²) in [5, 5.41) is 16.4. The Hall–Kier alpha value is -2.15. The summed E-state index contributed by atoms with van der Waals surface area (Å²) in [6, 6.07) is 7.98. The Bertz CT molecular complexity index is 465. The molecule has 0 heterocycles. The number of anilines is 1. The third-order valence-electron chi connectivity index (χ3n) is 2.30. The van der Waals surface area contributed by atoms with Crippen molar-refractivity contribution in [1.29, 1.82) is 0 Å². The average Bonchev–Trinajstić information content (AvgIpc) is 2.35. The number of nitrogens with two attached hydrogens (primary N) is 1. The van der Waals surface area contributed by atoms with Crippen LogP contribution in [0.3, 0.4) is 0 Å². The number of nitrogens with one attached hydrogen (secondary N) is 2. The first-order chi connectivity index (χ1) is 8.99. The molecule has 0 spiro atoms. The minimum Gasteiger partial charge on any atom is -0.548 e. The van der Waals surface area contributed by atoms with Gasteiger partial charge in [0.15, 0.2) is 5.11 Å². The molecule has 19 heavy (non-hydrogen) atoms. The van der Waals surface area contributed by atoms with Crippen molar-refractivity contribution in [3.63, 3.8) is 0 Å². The van der Waals surface area contributed by atoms with Crippen molar-refractivity contribution < 1.29 is 14.7 Å². The number of para-hydroxylation sites is 1. The molecule has 1 rings (SSSR count). The number of rotatable bonds is 6. The first-order valence-electron chi connectivity index (χ1n) is 5.61. The minimum absolute atomic E-state index is 0.0221. The second-order valence-electron chi connectivity index (χ2n) is 3.84. The predicted octanol–water partition coefficient (Wildman–Crippen LogP) is -0.643. The van der Waals surface area contributed by atoms with Gasteiger partial charge >= 0.3 is 0 Å². The van der Waals surface area contributed by atoms with Gasteiger partial charge in [0.25, 0.3) is 0 Å². The molecule has 0 bridgehead atoms. The number of benzene rings is 1. The Morgan fingerprint density at radius 2 is 1.95 bits per heavy atom. The number of hydrogen-bond acceptors (Lipinski definition) is 4. The molecule has 0 aliphatic heterocycles. The quantitative estimate of drug-likeness (QED) is 0.598. The summed E-state index contributed by atoms with van der Waals surface area (Å²) in [5.41, 5.74) is 5.70. The van der Waals surface area contributed by atoms with Crippen LogP contribution < -0.4 is 21.5 Å². The fourth-order valence-electron chi connectivity index (χ4n) is 1.38. The zero-order valence-electron chi connectivity index (χ0n) is 10.1. The van der Waals surface area contributed by atoms with Crippen LogP contribution in [0.2, 0.25) is 0 Å². The van der Waals surface area contributed by atoms with Gasteiger partial charge in [0.2, 0.25) is 5.91 Å². The fourth-order valence-corrected chi connectivity index (χ4v) is 1.64. The number of thiocarbonyl (C=S) groups is 1. The van der Waals surface area contributed by atoms with Crippen LogP contribution in [0, 0.1) is 0 Å². The molecule has 1 aromatic rings. The Labute approximate surface area is 116 Å². The molecule has 0 saturated heterocycles. The number of carbonyl (C=O) groups excluding carboxylic acids is 2. The molecule has 0 unspecified atom stereocenters. The van der Waals surface area contributed by atoms with Crippen molar-refractivity contribution >= 4 is 34.9 Å². The molecule has 1 aromatic carbocycles. The van der Waals surface area contributed by atoms with Gasteiger partial charge in [0, 0.05) is 12.1 Å². The number of carboxylic acids is 1. The van der Waals surface area contributed by atoms with Gasteiger partial charge in [0.1, 0.15) is 0 Å². The smallest absolute Gasteiger partial charge is 0.217 e. The summed E-state index contributed by atoms with van der Waals surface area (Å²) >= 11 is 4.98. The zero-order valence-corrected chi connectivity index (χ0v) is 10.9. The van der Waals surface area contributed by atoms with Crippen molar-refractivity contribution in [2.24, 2.45) is 5.73 Å². The van der Waals surface area contributed by atoms with Crippen molar-refractivity contribution in [2.45, 2.75) is 18.9 Å². The topological polar surface area (TPSA) is 107 Å². The van der Waals surface area contributed by atoms with Crippen LogP contribution in [0.15, 0.2) is 30.3 Å². The summed E-state index contributed by atoms with van der Waals surface area (Å²) in [5.74, 6) is -1.91. The molecule has 0 aliphatic carbocycles. The molecule has 1 atom stereocenters. The molecule has 4 N–H and O–H groups in total. The second-order valence-corrected chi connectivity index (χ2v) is 4.25. The third kappa shape index (κ3) is 5.82. The molecule has 0 saturated carbocycles. The van der Waals surface area contributed by atoms with Gasteiger partial charge in [-0.3, -0.25) is 4.79 Å². The minimum atomic E-state index is -1.33. The standard InChI is InChI=1S/C12H15N3O3S/c13-10(16)7-6-9(11(17)18)15-12(19)14-8-4-2-1-3-5-8/h1-5,9H,6-7H2,(H2,13,16)(H,17,18)(H2,14,15,19)/p-1/t9-/m0/s1. The molecule has 0 radical (unpaired) electrons. The second kappa shape index (κ2) is 7.32. The lowest BCUT2D eigenvalue weighted by atomic mass is 10.1. The van der Waals surface area contributed by atoms with Crippen LogP contribution in [0.5, 0.6) is 0 Å². The van der Waals surface area contributed by atoms with Crippen LogP contribution in [0.4, 0.5) is 5.69 Å². The summed E-state index contributed by atoms with van der Waals surface area (Å²) in [6.07, 6.45) is -0.0339. The van der Waals surface area contributed by atoms with E-state index in [0.29, 0.717) is 0 Å². The lowest BCUT2D eigenvalue weighted by Gasteiger charge is -2.21. The van der Waals surface area contributed by atoms with Gasteiger partial charge in [-0.2, -0.15) is 0 Å². The van der Waals surface area contributed by atoms with Crippen LogP contribution in [0.25, 0.3) is 0 Å². The molecule has 102 valence electrons. The first kappa shape index (κ1) is 14.9. The molecule has 0 aromatic heterocycles. The Morgan fingerprint density at radius 3 is 2.47 bits per heavy atom. The highest BCUT2D eigenvalue weighted by Gasteiger charge is 2.12. The molecule has 0 aliphatic rings. The maximum Gasteiger partial charge on any atom is 0.217 e. The van der Waals surface area contributed by atoms with Crippen LogP contribution in [0.1, 0.15) is 12.8 Å². The zero-order chi connectivity index (χ0) is 14.3. The number of carbonyl (C=O) groups is 2. The van der Waals surface area contributed by atoms with Crippen molar-refractivity contribution in [2.75, 3.05) is 5.32 Å². The summed E-state index contributed by atoms with van der Waals surface area (Å²) in [6.45, 7) is 0. The predicted molar refractivity (Wildman–Crippen MR) is 73.0 cm³/mol. The molecule has 0 fully saturated rings. The maximum absolute atomic E-state index is 10.9. The van der Waals surface area contributed by atoms with Crippen LogP contribution in [-0.2, 0) is 9.59 Å². The van der Waals surface area contributed by atoms with E-state index in [1.54, 1.807) is 12.1 Å². The van der Waals surface area contributed by atoms with Crippen molar-refractivity contribution in [3.8, 4) is 0 Å². The van der Waals surface area contributed by atoms with E-state index in [4.69, 9.17) is 18.0 Å². The molecule has 7 heteroatoms. The third-order valence-corrected chi connectivity index (χ3v) is 2.52. The van der Waals surface area contributed by atoms with E-state index in [-0.39, 0.29) is 18.0 Å².